The van der Waals surface area contributed by atoms with Crippen molar-refractivity contribution >= 4 is 45.7 Å². The van der Waals surface area contributed by atoms with Crippen LogP contribution < -0.4 is 4.90 Å². The van der Waals surface area contributed by atoms with Gasteiger partial charge in [-0.05, 0) is 48.6 Å². The van der Waals surface area contributed by atoms with E-state index in [1.165, 1.54) is 0 Å². The Balaban J connectivity index is 2.24. The lowest BCUT2D eigenvalue weighted by Crippen LogP contribution is -2.43. The Morgan fingerprint density at radius 3 is 2.78 bits per heavy atom. The third-order valence-electron chi connectivity index (χ3n) is 2.92. The van der Waals surface area contributed by atoms with Crippen molar-refractivity contribution in [1.29, 1.82) is 0 Å². The molecule has 1 aliphatic heterocycles. The molecule has 1 saturated heterocycles. The minimum atomic E-state index is -0.332. The lowest BCUT2D eigenvalue weighted by atomic mass is 10.1. The Morgan fingerprint density at radius 1 is 1.50 bits per heavy atom. The molecule has 98 valence electrons. The SMILES string of the molecule is CC1(C)CN(c2ccc([N+](=O)[O-])c(I)c2)CCS1. The molecule has 1 aromatic carbocycles. The van der Waals surface area contributed by atoms with Crippen molar-refractivity contribution in [3.63, 3.8) is 0 Å². The van der Waals surface area contributed by atoms with Crippen LogP contribution in [-0.2, 0) is 0 Å². The van der Waals surface area contributed by atoms with Gasteiger partial charge in [-0.25, -0.2) is 0 Å². The van der Waals surface area contributed by atoms with Crippen molar-refractivity contribution in [2.24, 2.45) is 0 Å². The highest BCUT2D eigenvalue weighted by molar-refractivity contribution is 14.1. The molecule has 4 nitrogen and oxygen atoms in total. The Labute approximate surface area is 124 Å². The molecule has 0 radical (unpaired) electrons. The van der Waals surface area contributed by atoms with Crippen molar-refractivity contribution in [2.75, 3.05) is 23.7 Å². The van der Waals surface area contributed by atoms with Gasteiger partial charge in [0.25, 0.3) is 5.69 Å². The van der Waals surface area contributed by atoms with Crippen LogP contribution in [0.1, 0.15) is 13.8 Å². The van der Waals surface area contributed by atoms with E-state index >= 15 is 0 Å². The summed E-state index contributed by atoms with van der Waals surface area (Å²) >= 11 is 4.01. The van der Waals surface area contributed by atoms with Crippen LogP contribution in [0.5, 0.6) is 0 Å². The smallest absolute Gasteiger partial charge is 0.282 e. The van der Waals surface area contributed by atoms with Crippen molar-refractivity contribution in [1.82, 2.24) is 0 Å². The number of nitro benzene ring substituents is 1. The van der Waals surface area contributed by atoms with Crippen LogP contribution in [0.25, 0.3) is 0 Å². The molecule has 0 saturated carbocycles. The largest absolute Gasteiger partial charge is 0.369 e. The molecule has 0 atom stereocenters. The molecule has 2 rings (SSSR count). The molecule has 0 amide bonds. The number of benzene rings is 1. The second-order valence-electron chi connectivity index (χ2n) is 4.92. The van der Waals surface area contributed by atoms with E-state index in [9.17, 15) is 10.1 Å². The summed E-state index contributed by atoms with van der Waals surface area (Å²) in [4.78, 5) is 12.8. The average Bonchev–Trinajstić information content (AvgIpc) is 2.27. The van der Waals surface area contributed by atoms with Crippen molar-refractivity contribution < 1.29 is 4.92 Å². The van der Waals surface area contributed by atoms with E-state index in [0.29, 0.717) is 3.57 Å². The van der Waals surface area contributed by atoms with Crippen LogP contribution in [-0.4, -0.2) is 28.5 Å². The standard InChI is InChI=1S/C12H15IN2O2S/c1-12(2)8-14(5-6-18-12)9-3-4-11(15(16)17)10(13)7-9/h3-4,7H,5-6,8H2,1-2H3. The van der Waals surface area contributed by atoms with Crippen LogP contribution in [0, 0.1) is 13.7 Å². The van der Waals surface area contributed by atoms with E-state index in [1.807, 2.05) is 46.5 Å². The van der Waals surface area contributed by atoms with E-state index < -0.39 is 0 Å². The Bertz CT molecular complexity index is 479. The zero-order valence-electron chi connectivity index (χ0n) is 10.4. The number of nitro groups is 1. The lowest BCUT2D eigenvalue weighted by molar-refractivity contribution is -0.385. The summed E-state index contributed by atoms with van der Waals surface area (Å²) in [7, 11) is 0. The predicted molar refractivity (Wildman–Crippen MR) is 84.6 cm³/mol. The first-order valence-electron chi connectivity index (χ1n) is 5.72. The summed E-state index contributed by atoms with van der Waals surface area (Å²) < 4.78 is 0.942. The number of halogens is 1. The first-order valence-corrected chi connectivity index (χ1v) is 7.78. The van der Waals surface area contributed by atoms with Gasteiger partial charge in [0.15, 0.2) is 0 Å². The number of thioether (sulfide) groups is 1. The van der Waals surface area contributed by atoms with Gasteiger partial charge in [-0.2, -0.15) is 11.8 Å². The fourth-order valence-electron chi connectivity index (χ4n) is 2.08. The van der Waals surface area contributed by atoms with Crippen LogP contribution in [0.2, 0.25) is 0 Å². The van der Waals surface area contributed by atoms with Gasteiger partial charge in [-0.15, -0.1) is 0 Å². The number of hydrogen-bond donors (Lipinski definition) is 0. The zero-order chi connectivity index (χ0) is 13.3. The van der Waals surface area contributed by atoms with Gasteiger partial charge < -0.3 is 4.90 Å². The van der Waals surface area contributed by atoms with Crippen LogP contribution in [0.15, 0.2) is 18.2 Å². The van der Waals surface area contributed by atoms with Crippen LogP contribution in [0.4, 0.5) is 11.4 Å². The summed E-state index contributed by atoms with van der Waals surface area (Å²) in [5.74, 6) is 1.10. The molecule has 0 aromatic heterocycles. The third-order valence-corrected chi connectivity index (χ3v) is 5.08. The van der Waals surface area contributed by atoms with Gasteiger partial charge in [0, 0.05) is 35.3 Å². The van der Waals surface area contributed by atoms with Gasteiger partial charge >= 0.3 is 0 Å². The summed E-state index contributed by atoms with van der Waals surface area (Å²) in [6.45, 7) is 6.45. The quantitative estimate of drug-likeness (QED) is 0.449. The molecule has 0 unspecified atom stereocenters. The van der Waals surface area contributed by atoms with E-state index in [0.717, 1.165) is 24.5 Å². The first kappa shape index (κ1) is 13.9. The maximum atomic E-state index is 10.8. The molecule has 1 aliphatic rings. The lowest BCUT2D eigenvalue weighted by Gasteiger charge is -2.39. The monoisotopic (exact) mass is 378 g/mol. The minimum Gasteiger partial charge on any atom is -0.369 e. The molecule has 0 N–H and O–H groups in total. The number of nitrogens with zero attached hydrogens (tertiary/aromatic N) is 2. The molecule has 18 heavy (non-hydrogen) atoms. The van der Waals surface area contributed by atoms with Gasteiger partial charge in [0.05, 0.1) is 8.49 Å². The van der Waals surface area contributed by atoms with Crippen LogP contribution >= 0.6 is 34.4 Å². The molecule has 0 spiro atoms. The predicted octanol–water partition coefficient (Wildman–Crippen LogP) is 3.53. The van der Waals surface area contributed by atoms with Crippen molar-refractivity contribution in [3.05, 3.63) is 31.9 Å². The molecular formula is C12H15IN2O2S. The summed E-state index contributed by atoms with van der Waals surface area (Å²) in [6, 6.07) is 5.36. The molecular weight excluding hydrogens is 363 g/mol. The molecule has 1 fully saturated rings. The van der Waals surface area contributed by atoms with Crippen molar-refractivity contribution in [2.45, 2.75) is 18.6 Å². The molecule has 1 aromatic rings. The summed E-state index contributed by atoms with van der Waals surface area (Å²) in [6.07, 6.45) is 0. The second kappa shape index (κ2) is 5.24. The van der Waals surface area contributed by atoms with Gasteiger partial charge in [-0.1, -0.05) is 0 Å². The Hall–Kier alpha value is -0.500. The Kier molecular flexibility index (Phi) is 4.05. The third kappa shape index (κ3) is 3.09. The number of hydrogen-bond acceptors (Lipinski definition) is 4. The molecule has 6 heteroatoms. The van der Waals surface area contributed by atoms with Crippen molar-refractivity contribution in [3.8, 4) is 0 Å². The second-order valence-corrected chi connectivity index (χ2v) is 7.89. The van der Waals surface area contributed by atoms with Gasteiger partial charge in [0.1, 0.15) is 0 Å². The van der Waals surface area contributed by atoms with E-state index in [4.69, 9.17) is 0 Å². The average molecular weight is 378 g/mol. The first-order chi connectivity index (χ1) is 8.39. The molecule has 1 heterocycles. The highest BCUT2D eigenvalue weighted by Crippen LogP contribution is 2.34. The van der Waals surface area contributed by atoms with Gasteiger partial charge in [-0.3, -0.25) is 10.1 Å². The Morgan fingerprint density at radius 2 is 2.22 bits per heavy atom. The minimum absolute atomic E-state index is 0.185. The van der Waals surface area contributed by atoms with E-state index in [1.54, 1.807) is 6.07 Å². The summed E-state index contributed by atoms with van der Waals surface area (Å²) in [5.41, 5.74) is 1.27. The highest BCUT2D eigenvalue weighted by atomic mass is 127. The number of anilines is 1. The normalized spacial score (nSPS) is 18.7. The fraction of sp³-hybridized carbons (Fsp3) is 0.500. The van der Waals surface area contributed by atoms with E-state index in [-0.39, 0.29) is 15.4 Å². The zero-order valence-corrected chi connectivity index (χ0v) is 13.3. The van der Waals surface area contributed by atoms with E-state index in [2.05, 4.69) is 18.7 Å². The maximum absolute atomic E-state index is 10.8. The highest BCUT2D eigenvalue weighted by Gasteiger charge is 2.27. The van der Waals surface area contributed by atoms with Gasteiger partial charge in [0.2, 0.25) is 0 Å². The topological polar surface area (TPSA) is 46.4 Å². The fourth-order valence-corrected chi connectivity index (χ4v) is 3.88. The number of rotatable bonds is 2. The molecule has 0 bridgehead atoms. The molecule has 0 aliphatic carbocycles. The summed E-state index contributed by atoms with van der Waals surface area (Å²) in [5, 5.41) is 10.8. The maximum Gasteiger partial charge on any atom is 0.282 e. The van der Waals surface area contributed by atoms with Crippen LogP contribution in [0.3, 0.4) is 0 Å².